The summed E-state index contributed by atoms with van der Waals surface area (Å²) in [6.45, 7) is 2.88. The van der Waals surface area contributed by atoms with Crippen LogP contribution < -0.4 is 5.73 Å². The summed E-state index contributed by atoms with van der Waals surface area (Å²) in [6.07, 6.45) is 1.41. The summed E-state index contributed by atoms with van der Waals surface area (Å²) < 4.78 is 28.4. The zero-order valence-electron chi connectivity index (χ0n) is 13.3. The van der Waals surface area contributed by atoms with E-state index in [9.17, 15) is 8.42 Å². The molecule has 2 heterocycles. The van der Waals surface area contributed by atoms with Crippen molar-refractivity contribution in [3.8, 4) is 0 Å². The van der Waals surface area contributed by atoms with Gasteiger partial charge in [0.25, 0.3) is 0 Å². The van der Waals surface area contributed by atoms with Crippen molar-refractivity contribution >= 4 is 16.0 Å². The molecule has 1 aliphatic rings. The van der Waals surface area contributed by atoms with E-state index in [4.69, 9.17) is 5.73 Å². The van der Waals surface area contributed by atoms with Gasteiger partial charge in [-0.25, -0.2) is 13.1 Å². The Hall–Kier alpha value is -1.93. The van der Waals surface area contributed by atoms with E-state index in [1.54, 1.807) is 28.2 Å². The average Bonchev–Trinajstić information content (AvgIpc) is 2.87. The summed E-state index contributed by atoms with van der Waals surface area (Å²) in [4.78, 5) is 4.60. The van der Waals surface area contributed by atoms with Gasteiger partial charge < -0.3 is 5.73 Å². The Kier molecular flexibility index (Phi) is 4.11. The van der Waals surface area contributed by atoms with E-state index in [0.29, 0.717) is 42.6 Å². The molecule has 0 unspecified atom stereocenters. The van der Waals surface area contributed by atoms with Gasteiger partial charge in [0.1, 0.15) is 0 Å². The normalized spacial score (nSPS) is 17.5. The van der Waals surface area contributed by atoms with E-state index < -0.39 is 10.0 Å². The standard InChI is InChI=1S/C15H21N5O2S/c1-11-3-5-13(6-4-11)23(21,22)20-9-7-12(8-10-20)14-17-15(16)19(2)18-14/h3-6,12H,7-10H2,1-2H3,(H2,16,17,18). The van der Waals surface area contributed by atoms with Crippen molar-refractivity contribution in [1.29, 1.82) is 0 Å². The lowest BCUT2D eigenvalue weighted by molar-refractivity contribution is 0.313. The number of piperidine rings is 1. The molecule has 0 aliphatic carbocycles. The molecule has 1 fully saturated rings. The molecular formula is C15H21N5O2S. The second kappa shape index (κ2) is 5.93. The maximum Gasteiger partial charge on any atom is 0.243 e. The first kappa shape index (κ1) is 15.9. The molecular weight excluding hydrogens is 314 g/mol. The maximum absolute atomic E-state index is 12.7. The predicted molar refractivity (Wildman–Crippen MR) is 87.3 cm³/mol. The van der Waals surface area contributed by atoms with Crippen LogP contribution in [0.15, 0.2) is 29.2 Å². The van der Waals surface area contributed by atoms with Crippen molar-refractivity contribution in [2.45, 2.75) is 30.6 Å². The van der Waals surface area contributed by atoms with Gasteiger partial charge in [0.05, 0.1) is 4.90 Å². The molecule has 2 aromatic rings. The smallest absolute Gasteiger partial charge is 0.243 e. The van der Waals surface area contributed by atoms with Gasteiger partial charge in [-0.2, -0.15) is 14.4 Å². The molecule has 7 nitrogen and oxygen atoms in total. The minimum absolute atomic E-state index is 0.156. The highest BCUT2D eigenvalue weighted by Gasteiger charge is 2.31. The van der Waals surface area contributed by atoms with Gasteiger partial charge in [0.2, 0.25) is 16.0 Å². The number of hydrogen-bond acceptors (Lipinski definition) is 5. The third kappa shape index (κ3) is 3.09. The Bertz CT molecular complexity index is 770. The number of aromatic nitrogens is 3. The van der Waals surface area contributed by atoms with Gasteiger partial charge in [-0.15, -0.1) is 0 Å². The topological polar surface area (TPSA) is 94.1 Å². The van der Waals surface area contributed by atoms with E-state index >= 15 is 0 Å². The minimum Gasteiger partial charge on any atom is -0.368 e. The molecule has 0 atom stereocenters. The van der Waals surface area contributed by atoms with Crippen molar-refractivity contribution < 1.29 is 8.42 Å². The van der Waals surface area contributed by atoms with Crippen LogP contribution in [0.5, 0.6) is 0 Å². The van der Waals surface area contributed by atoms with Crippen LogP contribution in [0.1, 0.15) is 30.1 Å². The number of nitrogens with two attached hydrogens (primary N) is 1. The summed E-state index contributed by atoms with van der Waals surface area (Å²) in [5.74, 6) is 1.25. The van der Waals surface area contributed by atoms with Gasteiger partial charge in [-0.3, -0.25) is 0 Å². The van der Waals surface area contributed by atoms with Crippen LogP contribution in [0.2, 0.25) is 0 Å². The van der Waals surface area contributed by atoms with Gasteiger partial charge in [-0.1, -0.05) is 17.7 Å². The summed E-state index contributed by atoms with van der Waals surface area (Å²) in [7, 11) is -1.67. The fourth-order valence-electron chi connectivity index (χ4n) is 2.80. The maximum atomic E-state index is 12.7. The van der Waals surface area contributed by atoms with E-state index in [-0.39, 0.29) is 5.92 Å². The lowest BCUT2D eigenvalue weighted by Gasteiger charge is -2.30. The third-order valence-electron chi connectivity index (χ3n) is 4.29. The molecule has 0 amide bonds. The van der Waals surface area contributed by atoms with E-state index in [0.717, 1.165) is 5.56 Å². The molecule has 2 N–H and O–H groups in total. The Labute approximate surface area is 136 Å². The first-order chi connectivity index (χ1) is 10.9. The van der Waals surface area contributed by atoms with Crippen LogP contribution in [0.4, 0.5) is 5.95 Å². The Morgan fingerprint density at radius 2 is 1.78 bits per heavy atom. The molecule has 0 bridgehead atoms. The van der Waals surface area contributed by atoms with Gasteiger partial charge >= 0.3 is 0 Å². The molecule has 0 spiro atoms. The van der Waals surface area contributed by atoms with Crippen molar-refractivity contribution in [1.82, 2.24) is 19.1 Å². The van der Waals surface area contributed by atoms with Gasteiger partial charge in [-0.05, 0) is 31.9 Å². The Morgan fingerprint density at radius 1 is 1.17 bits per heavy atom. The zero-order chi connectivity index (χ0) is 16.6. The number of rotatable bonds is 3. The Morgan fingerprint density at radius 3 is 2.30 bits per heavy atom. The molecule has 3 rings (SSSR count). The summed E-state index contributed by atoms with van der Waals surface area (Å²) in [6, 6.07) is 6.97. The van der Waals surface area contributed by atoms with Crippen molar-refractivity contribution in [2.24, 2.45) is 7.05 Å². The predicted octanol–water partition coefficient (Wildman–Crippen LogP) is 1.27. The number of benzene rings is 1. The zero-order valence-corrected chi connectivity index (χ0v) is 14.1. The van der Waals surface area contributed by atoms with Crippen LogP contribution in [-0.2, 0) is 17.1 Å². The molecule has 1 aromatic carbocycles. The molecule has 23 heavy (non-hydrogen) atoms. The number of nitrogen functional groups attached to an aromatic ring is 1. The number of anilines is 1. The Balaban J connectivity index is 1.72. The minimum atomic E-state index is -3.42. The molecule has 1 aliphatic heterocycles. The number of hydrogen-bond donors (Lipinski definition) is 1. The first-order valence-corrected chi connectivity index (χ1v) is 9.05. The van der Waals surface area contributed by atoms with Gasteiger partial charge in [0.15, 0.2) is 5.82 Å². The number of aryl methyl sites for hydroxylation is 2. The first-order valence-electron chi connectivity index (χ1n) is 7.61. The fourth-order valence-corrected chi connectivity index (χ4v) is 4.27. The molecule has 8 heteroatoms. The molecule has 0 radical (unpaired) electrons. The lowest BCUT2D eigenvalue weighted by atomic mass is 9.98. The summed E-state index contributed by atoms with van der Waals surface area (Å²) in [5, 5.41) is 4.30. The molecule has 1 aromatic heterocycles. The van der Waals surface area contributed by atoms with Crippen LogP contribution in [0.25, 0.3) is 0 Å². The summed E-state index contributed by atoms with van der Waals surface area (Å²) in [5.41, 5.74) is 6.76. The molecule has 1 saturated heterocycles. The highest BCUT2D eigenvalue weighted by molar-refractivity contribution is 7.89. The number of sulfonamides is 1. The quantitative estimate of drug-likeness (QED) is 0.911. The van der Waals surface area contributed by atoms with Crippen molar-refractivity contribution in [3.63, 3.8) is 0 Å². The van der Waals surface area contributed by atoms with Crippen molar-refractivity contribution in [3.05, 3.63) is 35.7 Å². The second-order valence-corrected chi connectivity index (χ2v) is 7.88. The van der Waals surface area contributed by atoms with E-state index in [1.165, 1.54) is 0 Å². The van der Waals surface area contributed by atoms with E-state index in [1.807, 2.05) is 19.1 Å². The average molecular weight is 335 g/mol. The number of nitrogens with zero attached hydrogens (tertiary/aromatic N) is 4. The highest BCUT2D eigenvalue weighted by Crippen LogP contribution is 2.29. The second-order valence-electron chi connectivity index (χ2n) is 5.94. The highest BCUT2D eigenvalue weighted by atomic mass is 32.2. The third-order valence-corrected chi connectivity index (χ3v) is 6.20. The summed E-state index contributed by atoms with van der Waals surface area (Å²) >= 11 is 0. The lowest BCUT2D eigenvalue weighted by Crippen LogP contribution is -2.38. The molecule has 0 saturated carbocycles. The van der Waals surface area contributed by atoms with E-state index in [2.05, 4.69) is 10.1 Å². The largest absolute Gasteiger partial charge is 0.368 e. The van der Waals surface area contributed by atoms with Crippen LogP contribution >= 0.6 is 0 Å². The monoisotopic (exact) mass is 335 g/mol. The SMILES string of the molecule is Cc1ccc(S(=O)(=O)N2CCC(c3nc(N)n(C)n3)CC2)cc1. The molecule has 124 valence electrons. The van der Waals surface area contributed by atoms with Crippen LogP contribution in [0.3, 0.4) is 0 Å². The fraction of sp³-hybridized carbons (Fsp3) is 0.467. The van der Waals surface area contributed by atoms with Gasteiger partial charge in [0, 0.05) is 26.1 Å². The van der Waals surface area contributed by atoms with Crippen LogP contribution in [0, 0.1) is 6.92 Å². The van der Waals surface area contributed by atoms with Crippen molar-refractivity contribution in [2.75, 3.05) is 18.8 Å². The van der Waals surface area contributed by atoms with Crippen LogP contribution in [-0.4, -0.2) is 40.6 Å².